The molecule has 0 radical (unpaired) electrons. The van der Waals surface area contributed by atoms with E-state index in [-0.39, 0.29) is 12.4 Å². The van der Waals surface area contributed by atoms with Gasteiger partial charge in [0.15, 0.2) is 15.7 Å². The number of carboxylic acid groups (broad SMARTS) is 1. The number of sulfone groups is 1. The minimum Gasteiger partial charge on any atom is -0.481 e. The van der Waals surface area contributed by atoms with E-state index in [4.69, 9.17) is 5.11 Å². The van der Waals surface area contributed by atoms with Crippen LogP contribution in [0.4, 0.5) is 0 Å². The number of hydrogen-bond donors (Lipinski definition) is 1. The molecule has 1 N–H and O–H groups in total. The molecule has 0 spiro atoms. The van der Waals surface area contributed by atoms with Crippen LogP contribution in [0.2, 0.25) is 0 Å². The van der Waals surface area contributed by atoms with E-state index in [0.717, 1.165) is 6.26 Å². The van der Waals surface area contributed by atoms with E-state index in [9.17, 15) is 13.2 Å². The summed E-state index contributed by atoms with van der Waals surface area (Å²) in [7, 11) is -3.38. The number of aliphatic carboxylic acids is 1. The first-order valence-electron chi connectivity index (χ1n) is 5.76. The zero-order valence-electron chi connectivity index (χ0n) is 11.4. The highest BCUT2D eigenvalue weighted by Gasteiger charge is 2.37. The van der Waals surface area contributed by atoms with E-state index in [0.29, 0.717) is 6.42 Å². The monoisotopic (exact) mass is 290 g/mol. The number of aryl methyl sites for hydroxylation is 1. The first-order valence-corrected chi connectivity index (χ1v) is 7.65. The minimum atomic E-state index is -3.38. The SMILES string of the molecule is CC(CCn1nnnc1C(C)(C)S(C)(=O)=O)C(=O)O. The van der Waals surface area contributed by atoms with Gasteiger partial charge in [0.2, 0.25) is 0 Å². The van der Waals surface area contributed by atoms with Crippen molar-refractivity contribution in [1.82, 2.24) is 20.2 Å². The van der Waals surface area contributed by atoms with Crippen molar-refractivity contribution < 1.29 is 18.3 Å². The standard InChI is InChI=1S/C10H18N4O4S/c1-7(8(15)16)5-6-14-9(11-12-13-14)10(2,3)19(4,17)18/h7H,5-6H2,1-4H3,(H,15,16). The van der Waals surface area contributed by atoms with Crippen molar-refractivity contribution in [3.05, 3.63) is 5.82 Å². The molecule has 9 heteroatoms. The van der Waals surface area contributed by atoms with Crippen LogP contribution >= 0.6 is 0 Å². The molecule has 1 unspecified atom stereocenters. The molecule has 1 rings (SSSR count). The van der Waals surface area contributed by atoms with Gasteiger partial charge in [-0.2, -0.15) is 0 Å². The topological polar surface area (TPSA) is 115 Å². The van der Waals surface area contributed by atoms with E-state index >= 15 is 0 Å². The van der Waals surface area contributed by atoms with Gasteiger partial charge < -0.3 is 5.11 Å². The first-order chi connectivity index (χ1) is 8.57. The van der Waals surface area contributed by atoms with Crippen LogP contribution in [0.3, 0.4) is 0 Å². The van der Waals surface area contributed by atoms with Gasteiger partial charge in [0.05, 0.1) is 5.92 Å². The number of aromatic nitrogens is 4. The summed E-state index contributed by atoms with van der Waals surface area (Å²) in [4.78, 5) is 10.7. The summed E-state index contributed by atoms with van der Waals surface area (Å²) in [5.41, 5.74) is 0. The zero-order chi connectivity index (χ0) is 14.8. The van der Waals surface area contributed by atoms with E-state index in [1.807, 2.05) is 0 Å². The molecule has 1 atom stereocenters. The second-order valence-corrected chi connectivity index (χ2v) is 7.60. The predicted molar refractivity (Wildman–Crippen MR) is 67.1 cm³/mol. The Labute approximate surface area is 111 Å². The highest BCUT2D eigenvalue weighted by atomic mass is 32.2. The summed E-state index contributed by atoms with van der Waals surface area (Å²) < 4.78 is 23.6. The van der Waals surface area contributed by atoms with Gasteiger partial charge in [0.1, 0.15) is 4.75 Å². The van der Waals surface area contributed by atoms with Gasteiger partial charge in [-0.25, -0.2) is 13.1 Å². The highest BCUT2D eigenvalue weighted by molar-refractivity contribution is 7.91. The second kappa shape index (κ2) is 5.24. The molecule has 0 saturated heterocycles. The lowest BCUT2D eigenvalue weighted by atomic mass is 10.1. The van der Waals surface area contributed by atoms with Crippen molar-refractivity contribution in [1.29, 1.82) is 0 Å². The number of carboxylic acids is 1. The summed E-state index contributed by atoms with van der Waals surface area (Å²) in [6, 6.07) is 0. The van der Waals surface area contributed by atoms with E-state index in [1.165, 1.54) is 18.5 Å². The maximum atomic E-state index is 11.7. The van der Waals surface area contributed by atoms with Crippen molar-refractivity contribution in [2.24, 2.45) is 5.92 Å². The molecular formula is C10H18N4O4S. The maximum absolute atomic E-state index is 11.7. The zero-order valence-corrected chi connectivity index (χ0v) is 12.2. The number of rotatable bonds is 6. The smallest absolute Gasteiger partial charge is 0.306 e. The summed E-state index contributed by atoms with van der Waals surface area (Å²) in [5, 5.41) is 19.8. The number of tetrazole rings is 1. The van der Waals surface area contributed by atoms with Crippen LogP contribution in [-0.4, -0.2) is 46.0 Å². The lowest BCUT2D eigenvalue weighted by Gasteiger charge is -2.21. The van der Waals surface area contributed by atoms with Crippen LogP contribution in [0.5, 0.6) is 0 Å². The summed E-state index contributed by atoms with van der Waals surface area (Å²) >= 11 is 0. The lowest BCUT2D eigenvalue weighted by Crippen LogP contribution is -2.32. The van der Waals surface area contributed by atoms with Gasteiger partial charge in [-0.15, -0.1) is 5.10 Å². The first kappa shape index (κ1) is 15.5. The van der Waals surface area contributed by atoms with Gasteiger partial charge in [0, 0.05) is 12.8 Å². The molecule has 0 aliphatic carbocycles. The Kier molecular flexibility index (Phi) is 4.28. The molecule has 0 fully saturated rings. The van der Waals surface area contributed by atoms with Gasteiger partial charge in [0.25, 0.3) is 0 Å². The van der Waals surface area contributed by atoms with Crippen LogP contribution in [0, 0.1) is 5.92 Å². The Balaban J connectivity index is 2.96. The molecule has 19 heavy (non-hydrogen) atoms. The number of carbonyl (C=O) groups is 1. The molecule has 0 aromatic carbocycles. The molecule has 0 bridgehead atoms. The molecule has 1 aromatic rings. The van der Waals surface area contributed by atoms with E-state index in [2.05, 4.69) is 15.5 Å². The van der Waals surface area contributed by atoms with Gasteiger partial charge in [-0.1, -0.05) is 6.92 Å². The summed E-state index contributed by atoms with van der Waals surface area (Å²) in [6.45, 7) is 4.87. The molecule has 1 aromatic heterocycles. The Morgan fingerprint density at radius 1 is 1.47 bits per heavy atom. The van der Waals surface area contributed by atoms with Crippen molar-refractivity contribution >= 4 is 15.8 Å². The van der Waals surface area contributed by atoms with Crippen LogP contribution < -0.4 is 0 Å². The summed E-state index contributed by atoms with van der Waals surface area (Å²) in [6.07, 6.45) is 1.44. The lowest BCUT2D eigenvalue weighted by molar-refractivity contribution is -0.141. The normalized spacial score (nSPS) is 14.3. The fourth-order valence-electron chi connectivity index (χ4n) is 1.39. The Morgan fingerprint density at radius 2 is 2.05 bits per heavy atom. The van der Waals surface area contributed by atoms with Crippen LogP contribution in [-0.2, 0) is 25.9 Å². The van der Waals surface area contributed by atoms with Gasteiger partial charge in [-0.05, 0) is 30.7 Å². The molecule has 108 valence electrons. The van der Waals surface area contributed by atoms with E-state index < -0.39 is 26.5 Å². The van der Waals surface area contributed by atoms with Crippen molar-refractivity contribution in [2.45, 2.75) is 38.5 Å². The Bertz CT molecular complexity index is 564. The molecule has 0 amide bonds. The minimum absolute atomic E-state index is 0.215. The third kappa shape index (κ3) is 3.28. The fourth-order valence-corrected chi connectivity index (χ4v) is 1.87. The van der Waals surface area contributed by atoms with Gasteiger partial charge >= 0.3 is 5.97 Å². The third-order valence-corrected chi connectivity index (χ3v) is 5.23. The molecule has 0 aliphatic heterocycles. The number of nitrogens with zero attached hydrogens (tertiary/aromatic N) is 4. The third-order valence-electron chi connectivity index (χ3n) is 3.19. The maximum Gasteiger partial charge on any atom is 0.306 e. The van der Waals surface area contributed by atoms with Crippen LogP contribution in [0.1, 0.15) is 33.0 Å². The molecule has 0 aliphatic rings. The van der Waals surface area contributed by atoms with Crippen molar-refractivity contribution in [3.8, 4) is 0 Å². The number of hydrogen-bond acceptors (Lipinski definition) is 6. The Hall–Kier alpha value is -1.51. The van der Waals surface area contributed by atoms with Crippen LogP contribution in [0.25, 0.3) is 0 Å². The fraction of sp³-hybridized carbons (Fsp3) is 0.800. The quantitative estimate of drug-likeness (QED) is 0.787. The molecule has 0 saturated carbocycles. The van der Waals surface area contributed by atoms with Crippen molar-refractivity contribution in [3.63, 3.8) is 0 Å². The average Bonchev–Trinajstić information content (AvgIpc) is 2.72. The molecule has 8 nitrogen and oxygen atoms in total. The van der Waals surface area contributed by atoms with Gasteiger partial charge in [-0.3, -0.25) is 4.79 Å². The van der Waals surface area contributed by atoms with Crippen LogP contribution in [0.15, 0.2) is 0 Å². The predicted octanol–water partition coefficient (Wildman–Crippen LogP) is 0.0636. The molecular weight excluding hydrogens is 272 g/mol. The second-order valence-electron chi connectivity index (χ2n) is 5.04. The molecule has 1 heterocycles. The average molecular weight is 290 g/mol. The largest absolute Gasteiger partial charge is 0.481 e. The van der Waals surface area contributed by atoms with Crippen molar-refractivity contribution in [2.75, 3.05) is 6.26 Å². The van der Waals surface area contributed by atoms with E-state index in [1.54, 1.807) is 6.92 Å². The summed E-state index contributed by atoms with van der Waals surface area (Å²) in [5.74, 6) is -1.23. The Morgan fingerprint density at radius 3 is 2.53 bits per heavy atom. The highest BCUT2D eigenvalue weighted by Crippen LogP contribution is 2.26.